The van der Waals surface area contributed by atoms with E-state index in [2.05, 4.69) is 15.5 Å². The molecular weight excluding hydrogens is 329 g/mol. The molecule has 1 heterocycles. The summed E-state index contributed by atoms with van der Waals surface area (Å²) in [6.45, 7) is 2.35. The SMILES string of the molecule is CCc1noc(CNC(c2ccc(F)cc2)c2ccccc2Cl)n1. The normalized spacial score (nSPS) is 12.3. The van der Waals surface area contributed by atoms with Crippen molar-refractivity contribution in [3.05, 3.63) is 82.2 Å². The van der Waals surface area contributed by atoms with Crippen molar-refractivity contribution in [3.63, 3.8) is 0 Å². The van der Waals surface area contributed by atoms with Gasteiger partial charge in [-0.25, -0.2) is 4.39 Å². The van der Waals surface area contributed by atoms with Crippen LogP contribution in [0.25, 0.3) is 0 Å². The lowest BCUT2D eigenvalue weighted by Gasteiger charge is -2.20. The second-order valence-corrected chi connectivity index (χ2v) is 5.75. The topological polar surface area (TPSA) is 51.0 Å². The number of rotatable bonds is 6. The highest BCUT2D eigenvalue weighted by Gasteiger charge is 2.18. The summed E-state index contributed by atoms with van der Waals surface area (Å²) in [6, 6.07) is 13.7. The van der Waals surface area contributed by atoms with Crippen LogP contribution >= 0.6 is 11.6 Å². The van der Waals surface area contributed by atoms with E-state index >= 15 is 0 Å². The Morgan fingerprint density at radius 3 is 2.58 bits per heavy atom. The van der Waals surface area contributed by atoms with Crippen LogP contribution < -0.4 is 5.32 Å². The zero-order valence-corrected chi connectivity index (χ0v) is 13.9. The van der Waals surface area contributed by atoms with Crippen molar-refractivity contribution in [2.75, 3.05) is 0 Å². The van der Waals surface area contributed by atoms with Crippen LogP contribution in [0.1, 0.15) is 35.8 Å². The third kappa shape index (κ3) is 3.80. The van der Waals surface area contributed by atoms with Gasteiger partial charge in [-0.15, -0.1) is 0 Å². The van der Waals surface area contributed by atoms with Crippen LogP contribution in [0.15, 0.2) is 53.1 Å². The van der Waals surface area contributed by atoms with E-state index in [1.807, 2.05) is 31.2 Å². The third-order valence-electron chi connectivity index (χ3n) is 3.70. The molecule has 1 aromatic heterocycles. The van der Waals surface area contributed by atoms with Gasteiger partial charge in [0.2, 0.25) is 5.89 Å². The number of nitrogens with one attached hydrogen (secondary N) is 1. The lowest BCUT2D eigenvalue weighted by molar-refractivity contribution is 0.358. The van der Waals surface area contributed by atoms with E-state index in [4.69, 9.17) is 16.1 Å². The first-order valence-corrected chi connectivity index (χ1v) is 8.10. The molecule has 4 nitrogen and oxygen atoms in total. The number of hydrogen-bond donors (Lipinski definition) is 1. The number of benzene rings is 2. The zero-order valence-electron chi connectivity index (χ0n) is 13.2. The van der Waals surface area contributed by atoms with Gasteiger partial charge in [-0.2, -0.15) is 4.98 Å². The number of halogens is 2. The van der Waals surface area contributed by atoms with Gasteiger partial charge in [-0.05, 0) is 29.3 Å². The maximum absolute atomic E-state index is 13.2. The summed E-state index contributed by atoms with van der Waals surface area (Å²) < 4.78 is 18.5. The Hall–Kier alpha value is -2.24. The molecule has 0 aliphatic rings. The van der Waals surface area contributed by atoms with Gasteiger partial charge >= 0.3 is 0 Å². The molecule has 0 saturated carbocycles. The molecule has 3 aromatic rings. The number of aryl methyl sites for hydroxylation is 1. The van der Waals surface area contributed by atoms with Gasteiger partial charge in [0.05, 0.1) is 12.6 Å². The molecule has 6 heteroatoms. The van der Waals surface area contributed by atoms with E-state index in [-0.39, 0.29) is 11.9 Å². The zero-order chi connectivity index (χ0) is 16.9. The number of nitrogens with zero attached hydrogens (tertiary/aromatic N) is 2. The van der Waals surface area contributed by atoms with Gasteiger partial charge in [0.1, 0.15) is 5.82 Å². The monoisotopic (exact) mass is 345 g/mol. The smallest absolute Gasteiger partial charge is 0.240 e. The van der Waals surface area contributed by atoms with E-state index in [0.29, 0.717) is 23.3 Å². The molecule has 0 aliphatic heterocycles. The van der Waals surface area contributed by atoms with Crippen molar-refractivity contribution < 1.29 is 8.91 Å². The largest absolute Gasteiger partial charge is 0.338 e. The van der Waals surface area contributed by atoms with Crippen LogP contribution in [-0.4, -0.2) is 10.1 Å². The Morgan fingerprint density at radius 1 is 1.17 bits per heavy atom. The Labute approximate surface area is 144 Å². The van der Waals surface area contributed by atoms with Crippen LogP contribution in [-0.2, 0) is 13.0 Å². The summed E-state index contributed by atoms with van der Waals surface area (Å²) in [5.41, 5.74) is 1.81. The van der Waals surface area contributed by atoms with Crippen LogP contribution in [0.3, 0.4) is 0 Å². The van der Waals surface area contributed by atoms with Gasteiger partial charge in [-0.3, -0.25) is 5.32 Å². The molecule has 24 heavy (non-hydrogen) atoms. The Balaban J connectivity index is 1.87. The summed E-state index contributed by atoms with van der Waals surface area (Å²) in [4.78, 5) is 4.29. The molecule has 0 saturated heterocycles. The third-order valence-corrected chi connectivity index (χ3v) is 4.05. The maximum Gasteiger partial charge on any atom is 0.240 e. The highest BCUT2D eigenvalue weighted by molar-refractivity contribution is 6.31. The average Bonchev–Trinajstić information content (AvgIpc) is 3.06. The van der Waals surface area contributed by atoms with Crippen molar-refractivity contribution in [2.45, 2.75) is 25.9 Å². The molecule has 0 fully saturated rings. The molecule has 0 bridgehead atoms. The molecule has 1 N–H and O–H groups in total. The first-order chi connectivity index (χ1) is 11.7. The maximum atomic E-state index is 13.2. The summed E-state index contributed by atoms with van der Waals surface area (Å²) in [5, 5.41) is 7.89. The van der Waals surface area contributed by atoms with E-state index in [1.165, 1.54) is 12.1 Å². The molecule has 0 spiro atoms. The molecule has 2 aromatic carbocycles. The van der Waals surface area contributed by atoms with E-state index in [1.54, 1.807) is 12.1 Å². The van der Waals surface area contributed by atoms with Crippen LogP contribution in [0.2, 0.25) is 5.02 Å². The Morgan fingerprint density at radius 2 is 1.92 bits per heavy atom. The highest BCUT2D eigenvalue weighted by Crippen LogP contribution is 2.28. The minimum absolute atomic E-state index is 0.212. The number of hydrogen-bond acceptors (Lipinski definition) is 4. The van der Waals surface area contributed by atoms with Gasteiger partial charge in [-0.1, -0.05) is 54.0 Å². The van der Waals surface area contributed by atoms with Crippen LogP contribution in [0.4, 0.5) is 4.39 Å². The molecule has 0 radical (unpaired) electrons. The van der Waals surface area contributed by atoms with Crippen molar-refractivity contribution in [3.8, 4) is 0 Å². The molecule has 0 aliphatic carbocycles. The standard InChI is InChI=1S/C18H17ClFN3O/c1-2-16-22-17(24-23-16)11-21-18(12-7-9-13(20)10-8-12)14-5-3-4-6-15(14)19/h3-10,18,21H,2,11H2,1H3. The predicted octanol–water partition coefficient (Wildman–Crippen LogP) is 4.30. The van der Waals surface area contributed by atoms with Crippen molar-refractivity contribution in [1.82, 2.24) is 15.5 Å². The average molecular weight is 346 g/mol. The van der Waals surface area contributed by atoms with E-state index in [9.17, 15) is 4.39 Å². The van der Waals surface area contributed by atoms with Crippen molar-refractivity contribution >= 4 is 11.6 Å². The highest BCUT2D eigenvalue weighted by atomic mass is 35.5. The minimum atomic E-state index is -0.277. The lowest BCUT2D eigenvalue weighted by Crippen LogP contribution is -2.22. The van der Waals surface area contributed by atoms with Gasteiger partial charge in [0, 0.05) is 11.4 Å². The van der Waals surface area contributed by atoms with E-state index in [0.717, 1.165) is 17.5 Å². The first kappa shape index (κ1) is 16.6. The Bertz CT molecular complexity index is 804. The predicted molar refractivity (Wildman–Crippen MR) is 90.2 cm³/mol. The van der Waals surface area contributed by atoms with Gasteiger partial charge < -0.3 is 4.52 Å². The molecule has 1 atom stereocenters. The fourth-order valence-electron chi connectivity index (χ4n) is 2.47. The lowest BCUT2D eigenvalue weighted by atomic mass is 9.98. The van der Waals surface area contributed by atoms with Crippen LogP contribution in [0.5, 0.6) is 0 Å². The minimum Gasteiger partial charge on any atom is -0.338 e. The Kier molecular flexibility index (Phi) is 5.23. The van der Waals surface area contributed by atoms with Crippen molar-refractivity contribution in [2.24, 2.45) is 0 Å². The molecule has 124 valence electrons. The second kappa shape index (κ2) is 7.55. The van der Waals surface area contributed by atoms with Crippen LogP contribution in [0, 0.1) is 5.82 Å². The quantitative estimate of drug-likeness (QED) is 0.723. The van der Waals surface area contributed by atoms with Gasteiger partial charge in [0.25, 0.3) is 0 Å². The fourth-order valence-corrected chi connectivity index (χ4v) is 2.71. The first-order valence-electron chi connectivity index (χ1n) is 7.72. The van der Waals surface area contributed by atoms with Gasteiger partial charge in [0.15, 0.2) is 5.82 Å². The molecule has 0 amide bonds. The van der Waals surface area contributed by atoms with Crippen molar-refractivity contribution in [1.29, 1.82) is 0 Å². The summed E-state index contributed by atoms with van der Waals surface area (Å²) >= 11 is 6.34. The number of aromatic nitrogens is 2. The second-order valence-electron chi connectivity index (χ2n) is 5.34. The summed E-state index contributed by atoms with van der Waals surface area (Å²) in [7, 11) is 0. The molecule has 1 unspecified atom stereocenters. The summed E-state index contributed by atoms with van der Waals surface area (Å²) in [6.07, 6.45) is 0.718. The molecule has 3 rings (SSSR count). The van der Waals surface area contributed by atoms with E-state index < -0.39 is 0 Å². The fraction of sp³-hybridized carbons (Fsp3) is 0.222. The molecular formula is C18H17ClFN3O. The summed E-state index contributed by atoms with van der Waals surface area (Å²) in [5.74, 6) is 0.898.